The van der Waals surface area contributed by atoms with Gasteiger partial charge in [0.2, 0.25) is 0 Å². The van der Waals surface area contributed by atoms with E-state index in [9.17, 15) is 4.39 Å². The highest BCUT2D eigenvalue weighted by atomic mass is 79.9. The third-order valence-corrected chi connectivity index (χ3v) is 2.36. The van der Waals surface area contributed by atoms with Crippen LogP contribution in [0.25, 0.3) is 0 Å². The summed E-state index contributed by atoms with van der Waals surface area (Å²) in [6, 6.07) is 3.44. The first kappa shape index (κ1) is 11.5. The van der Waals surface area contributed by atoms with Crippen molar-refractivity contribution >= 4 is 15.9 Å². The van der Waals surface area contributed by atoms with Gasteiger partial charge in [-0.25, -0.2) is 4.39 Å². The minimum absolute atomic E-state index is 0.0650. The Morgan fingerprint density at radius 2 is 2.14 bits per heavy atom. The molecule has 0 N–H and O–H groups in total. The van der Waals surface area contributed by atoms with Gasteiger partial charge in [-0.2, -0.15) is 0 Å². The molecule has 0 aliphatic heterocycles. The van der Waals surface area contributed by atoms with Gasteiger partial charge in [0.05, 0.1) is 4.47 Å². The second-order valence-corrected chi connectivity index (χ2v) is 3.62. The van der Waals surface area contributed by atoms with E-state index in [-0.39, 0.29) is 18.4 Å². The van der Waals surface area contributed by atoms with Crippen molar-refractivity contribution < 1.29 is 13.9 Å². The highest BCUT2D eigenvalue weighted by Gasteiger charge is 2.10. The van der Waals surface area contributed by atoms with Crippen molar-refractivity contribution in [3.63, 3.8) is 0 Å². The zero-order chi connectivity index (χ0) is 10.6. The molecule has 0 heterocycles. The molecule has 1 rings (SSSR count). The Bertz CT molecular complexity index is 315. The lowest BCUT2D eigenvalue weighted by atomic mass is 10.2. The van der Waals surface area contributed by atoms with Gasteiger partial charge in [0.15, 0.2) is 18.4 Å². The Labute approximate surface area is 91.2 Å². The Kier molecular flexibility index (Phi) is 4.35. The van der Waals surface area contributed by atoms with Gasteiger partial charge in [0.25, 0.3) is 0 Å². The molecular weight excluding hydrogens is 251 g/mol. The maximum Gasteiger partial charge on any atom is 0.189 e. The predicted octanol–water partition coefficient (Wildman–Crippen LogP) is 3.27. The molecule has 0 unspecified atom stereocenters. The van der Waals surface area contributed by atoms with E-state index in [2.05, 4.69) is 15.9 Å². The predicted molar refractivity (Wildman–Crippen MR) is 56.0 cm³/mol. The fraction of sp³-hybridized carbons (Fsp3) is 0.400. The van der Waals surface area contributed by atoms with Crippen LogP contribution in [0.15, 0.2) is 16.6 Å². The standard InChI is InChI=1S/C10H12BrFO2/c1-3-13-6-14-10-8(11)5-4-7(2)9(10)12/h4-5H,3,6H2,1-2H3. The quantitative estimate of drug-likeness (QED) is 0.613. The summed E-state index contributed by atoms with van der Waals surface area (Å²) in [5.74, 6) is -0.141. The summed E-state index contributed by atoms with van der Waals surface area (Å²) in [7, 11) is 0. The number of ether oxygens (including phenoxy) is 2. The van der Waals surface area contributed by atoms with Gasteiger partial charge in [-0.05, 0) is 41.4 Å². The summed E-state index contributed by atoms with van der Waals surface area (Å²) < 4.78 is 24.2. The summed E-state index contributed by atoms with van der Waals surface area (Å²) in [6.45, 7) is 4.15. The van der Waals surface area contributed by atoms with E-state index in [1.807, 2.05) is 6.92 Å². The van der Waals surface area contributed by atoms with Gasteiger partial charge in [0.1, 0.15) is 0 Å². The van der Waals surface area contributed by atoms with E-state index in [0.29, 0.717) is 16.6 Å². The molecule has 0 saturated heterocycles. The Balaban J connectivity index is 2.79. The summed E-state index contributed by atoms with van der Waals surface area (Å²) in [6.07, 6.45) is 0. The average Bonchev–Trinajstić information content (AvgIpc) is 2.18. The van der Waals surface area contributed by atoms with E-state index in [1.165, 1.54) is 0 Å². The molecule has 1 aromatic carbocycles. The molecule has 78 valence electrons. The number of aryl methyl sites for hydroxylation is 1. The molecule has 0 saturated carbocycles. The highest BCUT2D eigenvalue weighted by molar-refractivity contribution is 9.10. The smallest absolute Gasteiger partial charge is 0.189 e. The van der Waals surface area contributed by atoms with Crippen molar-refractivity contribution in [1.82, 2.24) is 0 Å². The second kappa shape index (κ2) is 5.32. The molecule has 0 atom stereocenters. The highest BCUT2D eigenvalue weighted by Crippen LogP contribution is 2.29. The summed E-state index contributed by atoms with van der Waals surface area (Å²) in [5, 5.41) is 0. The molecular formula is C10H12BrFO2. The van der Waals surface area contributed by atoms with Gasteiger partial charge in [-0.1, -0.05) is 6.07 Å². The van der Waals surface area contributed by atoms with Gasteiger partial charge >= 0.3 is 0 Å². The van der Waals surface area contributed by atoms with Crippen molar-refractivity contribution in [3.8, 4) is 5.75 Å². The van der Waals surface area contributed by atoms with Crippen molar-refractivity contribution in [1.29, 1.82) is 0 Å². The molecule has 0 radical (unpaired) electrons. The fourth-order valence-electron chi connectivity index (χ4n) is 0.947. The first-order chi connectivity index (χ1) is 6.66. The van der Waals surface area contributed by atoms with Crippen LogP contribution < -0.4 is 4.74 Å². The molecule has 4 heteroatoms. The molecule has 1 aromatic rings. The fourth-order valence-corrected chi connectivity index (χ4v) is 1.37. The number of benzene rings is 1. The van der Waals surface area contributed by atoms with E-state index < -0.39 is 0 Å². The van der Waals surface area contributed by atoms with Gasteiger partial charge in [-0.15, -0.1) is 0 Å². The summed E-state index contributed by atoms with van der Waals surface area (Å²) in [4.78, 5) is 0. The average molecular weight is 263 g/mol. The molecule has 0 spiro atoms. The number of hydrogen-bond donors (Lipinski definition) is 0. The zero-order valence-electron chi connectivity index (χ0n) is 8.14. The van der Waals surface area contributed by atoms with Crippen LogP contribution in [0.1, 0.15) is 12.5 Å². The lowest BCUT2D eigenvalue weighted by molar-refractivity contribution is 0.0196. The van der Waals surface area contributed by atoms with Crippen LogP contribution in [-0.2, 0) is 4.74 Å². The molecule has 0 fully saturated rings. The Morgan fingerprint density at radius 3 is 2.79 bits per heavy atom. The molecule has 0 aliphatic rings. The molecule has 0 amide bonds. The molecule has 2 nitrogen and oxygen atoms in total. The van der Waals surface area contributed by atoms with Gasteiger partial charge in [-0.3, -0.25) is 0 Å². The van der Waals surface area contributed by atoms with Crippen molar-refractivity contribution in [2.75, 3.05) is 13.4 Å². The monoisotopic (exact) mass is 262 g/mol. The van der Waals surface area contributed by atoms with E-state index in [4.69, 9.17) is 9.47 Å². The number of hydrogen-bond acceptors (Lipinski definition) is 2. The van der Waals surface area contributed by atoms with Crippen LogP contribution in [-0.4, -0.2) is 13.4 Å². The third kappa shape index (κ3) is 2.69. The topological polar surface area (TPSA) is 18.5 Å². The minimum Gasteiger partial charge on any atom is -0.463 e. The van der Waals surface area contributed by atoms with E-state index >= 15 is 0 Å². The Morgan fingerprint density at radius 1 is 1.43 bits per heavy atom. The molecule has 0 aliphatic carbocycles. The third-order valence-electron chi connectivity index (χ3n) is 1.73. The van der Waals surface area contributed by atoms with Crippen LogP contribution in [0.3, 0.4) is 0 Å². The lowest BCUT2D eigenvalue weighted by Gasteiger charge is -2.10. The van der Waals surface area contributed by atoms with Crippen LogP contribution in [0, 0.1) is 12.7 Å². The van der Waals surface area contributed by atoms with Crippen LogP contribution >= 0.6 is 15.9 Å². The summed E-state index contributed by atoms with van der Waals surface area (Å²) >= 11 is 3.21. The minimum atomic E-state index is -0.348. The maximum atomic E-state index is 13.5. The number of rotatable bonds is 4. The Hall–Kier alpha value is -0.610. The summed E-state index contributed by atoms with van der Waals surface area (Å²) in [5.41, 5.74) is 0.555. The van der Waals surface area contributed by atoms with Crippen LogP contribution in [0.2, 0.25) is 0 Å². The van der Waals surface area contributed by atoms with Crippen molar-refractivity contribution in [3.05, 3.63) is 28.0 Å². The maximum absolute atomic E-state index is 13.5. The van der Waals surface area contributed by atoms with Gasteiger partial charge < -0.3 is 9.47 Å². The zero-order valence-corrected chi connectivity index (χ0v) is 9.73. The van der Waals surface area contributed by atoms with Crippen LogP contribution in [0.5, 0.6) is 5.75 Å². The SMILES string of the molecule is CCOCOc1c(Br)ccc(C)c1F. The largest absolute Gasteiger partial charge is 0.463 e. The normalized spacial score (nSPS) is 10.3. The molecule has 0 aromatic heterocycles. The van der Waals surface area contributed by atoms with Crippen molar-refractivity contribution in [2.45, 2.75) is 13.8 Å². The molecule has 14 heavy (non-hydrogen) atoms. The first-order valence-electron chi connectivity index (χ1n) is 4.32. The van der Waals surface area contributed by atoms with E-state index in [1.54, 1.807) is 19.1 Å². The number of halogens is 2. The van der Waals surface area contributed by atoms with E-state index in [0.717, 1.165) is 0 Å². The van der Waals surface area contributed by atoms with Crippen molar-refractivity contribution in [2.24, 2.45) is 0 Å². The van der Waals surface area contributed by atoms with Gasteiger partial charge in [0, 0.05) is 6.61 Å². The second-order valence-electron chi connectivity index (χ2n) is 2.76. The van der Waals surface area contributed by atoms with Crippen LogP contribution in [0.4, 0.5) is 4.39 Å². The lowest BCUT2D eigenvalue weighted by Crippen LogP contribution is -2.04. The molecule has 0 bridgehead atoms. The first-order valence-corrected chi connectivity index (χ1v) is 5.11.